The normalized spacial score (nSPS) is 21.3. The second-order valence-electron chi connectivity index (χ2n) is 4.88. The average molecular weight is 270 g/mol. The number of rotatable bonds is 3. The molecular formula is C11H18N4O4. The molecular weight excluding hydrogens is 252 g/mol. The van der Waals surface area contributed by atoms with Crippen molar-refractivity contribution >= 4 is 23.6 Å². The molecule has 8 nitrogen and oxygen atoms in total. The third-order valence-corrected chi connectivity index (χ3v) is 3.19. The standard InChI is InChI=1S/C11H18N4O4/c1-4-6-8(17)13-7(16)5-15(6)10(18)11(2,3)9(12)14-19/h6,19H,4-5H2,1-3H3,(H2,12,14)(H,13,16,17). The lowest BCUT2D eigenvalue weighted by molar-refractivity contribution is -0.153. The van der Waals surface area contributed by atoms with Crippen LogP contribution in [-0.4, -0.2) is 46.3 Å². The van der Waals surface area contributed by atoms with E-state index in [2.05, 4.69) is 10.5 Å². The minimum absolute atomic E-state index is 0.217. The highest BCUT2D eigenvalue weighted by Crippen LogP contribution is 2.23. The molecule has 0 aliphatic carbocycles. The molecule has 1 rings (SSSR count). The number of carbonyl (C=O) groups excluding carboxylic acids is 3. The van der Waals surface area contributed by atoms with Gasteiger partial charge in [-0.2, -0.15) is 0 Å². The summed E-state index contributed by atoms with van der Waals surface area (Å²) in [6.45, 7) is 4.45. The van der Waals surface area contributed by atoms with E-state index in [1.807, 2.05) is 0 Å². The number of carbonyl (C=O) groups is 3. The van der Waals surface area contributed by atoms with E-state index in [4.69, 9.17) is 10.9 Å². The molecule has 1 fully saturated rings. The number of hydrogen-bond donors (Lipinski definition) is 3. The van der Waals surface area contributed by atoms with Crippen molar-refractivity contribution in [3.05, 3.63) is 0 Å². The molecule has 1 heterocycles. The van der Waals surface area contributed by atoms with Crippen LogP contribution >= 0.6 is 0 Å². The maximum atomic E-state index is 12.4. The molecule has 0 aromatic rings. The first kappa shape index (κ1) is 14.9. The molecule has 0 bridgehead atoms. The zero-order chi connectivity index (χ0) is 14.8. The van der Waals surface area contributed by atoms with Crippen LogP contribution in [0.4, 0.5) is 0 Å². The molecule has 1 aliphatic rings. The van der Waals surface area contributed by atoms with Crippen molar-refractivity contribution in [3.63, 3.8) is 0 Å². The first-order valence-corrected chi connectivity index (χ1v) is 5.88. The molecule has 0 spiro atoms. The lowest BCUT2D eigenvalue weighted by Crippen LogP contribution is -2.62. The highest BCUT2D eigenvalue weighted by atomic mass is 16.4. The van der Waals surface area contributed by atoms with E-state index in [9.17, 15) is 14.4 Å². The third kappa shape index (κ3) is 2.67. The minimum Gasteiger partial charge on any atom is -0.409 e. The van der Waals surface area contributed by atoms with Crippen molar-refractivity contribution in [2.45, 2.75) is 33.2 Å². The van der Waals surface area contributed by atoms with Gasteiger partial charge in [-0.05, 0) is 20.3 Å². The Labute approximate surface area is 110 Å². The fraction of sp³-hybridized carbons (Fsp3) is 0.636. The molecule has 1 saturated heterocycles. The molecule has 8 heteroatoms. The van der Waals surface area contributed by atoms with Crippen LogP contribution in [0.5, 0.6) is 0 Å². The molecule has 1 atom stereocenters. The quantitative estimate of drug-likeness (QED) is 0.200. The topological polar surface area (TPSA) is 125 Å². The van der Waals surface area contributed by atoms with Crippen LogP contribution in [0.2, 0.25) is 0 Å². The van der Waals surface area contributed by atoms with E-state index in [0.29, 0.717) is 6.42 Å². The smallest absolute Gasteiger partial charge is 0.249 e. The summed E-state index contributed by atoms with van der Waals surface area (Å²) in [6.07, 6.45) is 0.372. The summed E-state index contributed by atoms with van der Waals surface area (Å²) in [6, 6.07) is -0.726. The Balaban J connectivity index is 3.08. The van der Waals surface area contributed by atoms with Crippen molar-refractivity contribution < 1.29 is 19.6 Å². The van der Waals surface area contributed by atoms with Crippen molar-refractivity contribution in [1.29, 1.82) is 0 Å². The van der Waals surface area contributed by atoms with Crippen LogP contribution in [0, 0.1) is 5.41 Å². The average Bonchev–Trinajstić information content (AvgIpc) is 2.35. The van der Waals surface area contributed by atoms with Crippen molar-refractivity contribution in [2.75, 3.05) is 6.54 Å². The minimum atomic E-state index is -1.29. The molecule has 1 aliphatic heterocycles. The highest BCUT2D eigenvalue weighted by molar-refractivity contribution is 6.10. The molecule has 4 N–H and O–H groups in total. The van der Waals surface area contributed by atoms with Gasteiger partial charge < -0.3 is 15.8 Å². The van der Waals surface area contributed by atoms with E-state index in [1.54, 1.807) is 6.92 Å². The number of nitrogens with two attached hydrogens (primary N) is 1. The summed E-state index contributed by atoms with van der Waals surface area (Å²) in [5.41, 5.74) is 4.19. The van der Waals surface area contributed by atoms with Gasteiger partial charge >= 0.3 is 0 Å². The monoisotopic (exact) mass is 270 g/mol. The van der Waals surface area contributed by atoms with Crippen LogP contribution in [0.1, 0.15) is 27.2 Å². The molecule has 0 aromatic carbocycles. The summed E-state index contributed by atoms with van der Waals surface area (Å²) in [4.78, 5) is 36.6. The summed E-state index contributed by atoms with van der Waals surface area (Å²) >= 11 is 0. The number of hydrogen-bond acceptors (Lipinski definition) is 5. The van der Waals surface area contributed by atoms with Gasteiger partial charge in [-0.3, -0.25) is 19.7 Å². The van der Waals surface area contributed by atoms with E-state index in [1.165, 1.54) is 18.7 Å². The first-order valence-electron chi connectivity index (χ1n) is 5.88. The predicted molar refractivity (Wildman–Crippen MR) is 66.1 cm³/mol. The van der Waals surface area contributed by atoms with Gasteiger partial charge in [-0.15, -0.1) is 0 Å². The Morgan fingerprint density at radius 3 is 2.63 bits per heavy atom. The summed E-state index contributed by atoms with van der Waals surface area (Å²) in [5.74, 6) is -1.86. The fourth-order valence-electron chi connectivity index (χ4n) is 1.88. The fourth-order valence-corrected chi connectivity index (χ4v) is 1.88. The van der Waals surface area contributed by atoms with Gasteiger partial charge in [-0.25, -0.2) is 0 Å². The van der Waals surface area contributed by atoms with Crippen molar-refractivity contribution in [1.82, 2.24) is 10.2 Å². The number of oxime groups is 1. The van der Waals surface area contributed by atoms with Gasteiger partial charge in [0.05, 0.1) is 0 Å². The molecule has 0 saturated carbocycles. The van der Waals surface area contributed by atoms with Gasteiger partial charge in [0.2, 0.25) is 17.7 Å². The molecule has 1 unspecified atom stereocenters. The van der Waals surface area contributed by atoms with Gasteiger partial charge in [0.25, 0.3) is 0 Å². The maximum Gasteiger partial charge on any atom is 0.249 e. The van der Waals surface area contributed by atoms with E-state index >= 15 is 0 Å². The SMILES string of the molecule is CCC1C(=O)NC(=O)CN1C(=O)C(C)(C)C(N)=NO. The number of nitrogens with one attached hydrogen (secondary N) is 1. The lowest BCUT2D eigenvalue weighted by Gasteiger charge is -2.37. The van der Waals surface area contributed by atoms with E-state index in [0.717, 1.165) is 0 Å². The first-order chi connectivity index (χ1) is 8.75. The van der Waals surface area contributed by atoms with Crippen LogP contribution < -0.4 is 11.1 Å². The largest absolute Gasteiger partial charge is 0.409 e. The van der Waals surface area contributed by atoms with Crippen LogP contribution in [0.3, 0.4) is 0 Å². The second kappa shape index (κ2) is 5.25. The predicted octanol–water partition coefficient (Wildman–Crippen LogP) is -0.977. The lowest BCUT2D eigenvalue weighted by atomic mass is 9.89. The molecule has 19 heavy (non-hydrogen) atoms. The third-order valence-electron chi connectivity index (χ3n) is 3.19. The Hall–Kier alpha value is -2.12. The van der Waals surface area contributed by atoms with Crippen LogP contribution in [0.15, 0.2) is 5.16 Å². The van der Waals surface area contributed by atoms with E-state index in [-0.39, 0.29) is 12.4 Å². The second-order valence-corrected chi connectivity index (χ2v) is 4.88. The molecule has 0 aromatic heterocycles. The Morgan fingerprint density at radius 1 is 1.58 bits per heavy atom. The highest BCUT2D eigenvalue weighted by Gasteiger charge is 2.43. The number of amides is 3. The Morgan fingerprint density at radius 2 is 2.16 bits per heavy atom. The van der Waals surface area contributed by atoms with Crippen LogP contribution in [-0.2, 0) is 14.4 Å². The molecule has 0 radical (unpaired) electrons. The Kier molecular flexibility index (Phi) is 4.13. The summed E-state index contributed by atoms with van der Waals surface area (Å²) < 4.78 is 0. The summed E-state index contributed by atoms with van der Waals surface area (Å²) in [5, 5.41) is 13.7. The number of piperazine rings is 1. The van der Waals surface area contributed by atoms with Crippen LogP contribution in [0.25, 0.3) is 0 Å². The van der Waals surface area contributed by atoms with Gasteiger partial charge in [0.1, 0.15) is 18.0 Å². The summed E-state index contributed by atoms with van der Waals surface area (Å²) in [7, 11) is 0. The van der Waals surface area contributed by atoms with Crippen molar-refractivity contribution in [2.24, 2.45) is 16.3 Å². The number of nitrogens with zero attached hydrogens (tertiary/aromatic N) is 2. The zero-order valence-electron chi connectivity index (χ0n) is 11.1. The van der Waals surface area contributed by atoms with Gasteiger partial charge in [0, 0.05) is 0 Å². The zero-order valence-corrected chi connectivity index (χ0v) is 11.1. The van der Waals surface area contributed by atoms with Crippen molar-refractivity contribution in [3.8, 4) is 0 Å². The van der Waals surface area contributed by atoms with E-state index < -0.39 is 29.2 Å². The number of amidine groups is 1. The van der Waals surface area contributed by atoms with Gasteiger partial charge in [-0.1, -0.05) is 12.1 Å². The number of imide groups is 1. The Bertz CT molecular complexity index is 444. The maximum absolute atomic E-state index is 12.4. The molecule has 106 valence electrons. The van der Waals surface area contributed by atoms with Gasteiger partial charge in [0.15, 0.2) is 5.84 Å². The molecule has 3 amide bonds.